The van der Waals surface area contributed by atoms with Gasteiger partial charge in [-0.25, -0.2) is 0 Å². The Hall–Kier alpha value is -6.04. The minimum Gasteiger partial charge on any atom is -0.455 e. The summed E-state index contributed by atoms with van der Waals surface area (Å²) in [6, 6.07) is 48.0. The van der Waals surface area contributed by atoms with Gasteiger partial charge in [-0.15, -0.1) is 0 Å². The average molecular weight is 798 g/mol. The van der Waals surface area contributed by atoms with Crippen LogP contribution in [0.25, 0.3) is 77.8 Å². The van der Waals surface area contributed by atoms with Crippen LogP contribution in [-0.2, 0) is 5.54 Å². The van der Waals surface area contributed by atoms with Crippen molar-refractivity contribution in [1.29, 1.82) is 0 Å². The van der Waals surface area contributed by atoms with Crippen molar-refractivity contribution >= 4 is 62.7 Å². The molecule has 2 aliphatic heterocycles. The number of allylic oxidation sites excluding steroid dienone is 2. The van der Waals surface area contributed by atoms with Gasteiger partial charge in [0.25, 0.3) is 0 Å². The van der Waals surface area contributed by atoms with Crippen molar-refractivity contribution < 1.29 is 13.6 Å². The third-order valence-corrected chi connectivity index (χ3v) is 16.5. The van der Waals surface area contributed by atoms with E-state index in [1.807, 2.05) is 0 Å². The van der Waals surface area contributed by atoms with Gasteiger partial charge in [-0.2, -0.15) is 13.7 Å². The van der Waals surface area contributed by atoms with Gasteiger partial charge in [-0.05, 0) is 75.9 Å². The predicted molar refractivity (Wildman–Crippen MR) is 250 cm³/mol. The molecule has 2 bridgehead atoms. The minimum atomic E-state index is -1.77. The van der Waals surface area contributed by atoms with E-state index in [1.165, 1.54) is 72.3 Å². The highest BCUT2D eigenvalue weighted by molar-refractivity contribution is 6.89. The van der Waals surface area contributed by atoms with E-state index in [9.17, 15) is 0 Å². The molecule has 4 nitrogen and oxygen atoms in total. The fraction of sp³-hybridized carbons (Fsp3) is 0.236. The first-order valence-corrected chi connectivity index (χ1v) is 25.4. The summed E-state index contributed by atoms with van der Waals surface area (Å²) in [6.45, 7) is 19.5. The summed E-state index contributed by atoms with van der Waals surface area (Å²) >= 11 is 0. The van der Waals surface area contributed by atoms with Crippen molar-refractivity contribution in [3.05, 3.63) is 162 Å². The summed E-state index contributed by atoms with van der Waals surface area (Å²) < 4.78 is 15.1. The lowest BCUT2D eigenvalue weighted by molar-refractivity contribution is -0.756. The third kappa shape index (κ3) is 4.62. The molecule has 0 N–H and O–H groups in total. The molecule has 60 heavy (non-hydrogen) atoms. The van der Waals surface area contributed by atoms with Crippen LogP contribution in [0.15, 0.2) is 144 Å². The highest BCUT2D eigenvalue weighted by Crippen LogP contribution is 2.62. The van der Waals surface area contributed by atoms with Crippen LogP contribution >= 0.6 is 0 Å². The molecule has 1 aliphatic carbocycles. The maximum Gasteiger partial charge on any atom is 0.304 e. The summed E-state index contributed by atoms with van der Waals surface area (Å²) in [7, 11) is -1.77. The van der Waals surface area contributed by atoms with Crippen LogP contribution in [0.2, 0.25) is 19.6 Å². The Morgan fingerprint density at radius 1 is 0.717 bits per heavy atom. The molecule has 0 radical (unpaired) electrons. The van der Waals surface area contributed by atoms with Crippen molar-refractivity contribution in [3.8, 4) is 28.3 Å². The van der Waals surface area contributed by atoms with Gasteiger partial charge in [0.05, 0.1) is 19.6 Å². The monoisotopic (exact) mass is 797 g/mol. The largest absolute Gasteiger partial charge is 0.455 e. The zero-order valence-corrected chi connectivity index (χ0v) is 36.8. The molecular weight excluding hydrogens is 747 g/mol. The van der Waals surface area contributed by atoms with Crippen LogP contribution in [0.1, 0.15) is 80.5 Å². The van der Waals surface area contributed by atoms with Gasteiger partial charge in [0.1, 0.15) is 28.4 Å². The highest BCUT2D eigenvalue weighted by Gasteiger charge is 2.65. The number of benzene rings is 6. The third-order valence-electron chi connectivity index (χ3n) is 14.4. The van der Waals surface area contributed by atoms with E-state index in [-0.39, 0.29) is 17.4 Å². The number of nitrogens with zero attached hydrogens (tertiary/aromatic N) is 3. The zero-order valence-electron chi connectivity index (χ0n) is 35.8. The van der Waals surface area contributed by atoms with Gasteiger partial charge in [-0.1, -0.05) is 138 Å². The van der Waals surface area contributed by atoms with Crippen molar-refractivity contribution in [2.45, 2.75) is 83.5 Å². The maximum absolute atomic E-state index is 7.14. The van der Waals surface area contributed by atoms with Gasteiger partial charge in [0, 0.05) is 34.3 Å². The summed E-state index contributed by atoms with van der Waals surface area (Å²) in [6.07, 6.45) is 5.28. The maximum atomic E-state index is 7.14. The van der Waals surface area contributed by atoms with E-state index < -0.39 is 8.07 Å². The average Bonchev–Trinajstić information content (AvgIpc) is 3.86. The normalized spacial score (nSPS) is 19.1. The molecule has 0 saturated heterocycles. The van der Waals surface area contributed by atoms with Crippen LogP contribution < -0.4 is 14.3 Å². The van der Waals surface area contributed by atoms with Crippen molar-refractivity contribution in [2.24, 2.45) is 0 Å². The molecule has 0 saturated carbocycles. The Bertz CT molecular complexity index is 3350. The molecule has 12 rings (SSSR count). The minimum absolute atomic E-state index is 0.0451. The highest BCUT2D eigenvalue weighted by atomic mass is 28.3. The molecular formula is C55H51N3OSi+2. The number of rotatable bonds is 4. The number of furan rings is 1. The van der Waals surface area contributed by atoms with Crippen LogP contribution in [0.5, 0.6) is 0 Å². The van der Waals surface area contributed by atoms with Crippen LogP contribution in [-0.4, -0.2) is 12.6 Å². The molecule has 0 spiro atoms. The molecule has 294 valence electrons. The first kappa shape index (κ1) is 35.9. The molecule has 5 heterocycles. The van der Waals surface area contributed by atoms with E-state index in [2.05, 4.69) is 208 Å². The lowest BCUT2D eigenvalue weighted by Gasteiger charge is -2.40. The SMILES string of the molecule is CC(C)c1ccc2c(c1)C1C3=CC(c4ccc5c(oc6ccccc65)c4-c4n3c3ccccc3[n+]4-c3cccc4ccccc34)C1(C)[n+]1cc([Si](C)(C)C)c(C(C)C)cc1-2. The topological polar surface area (TPSA) is 25.8 Å². The lowest BCUT2D eigenvalue weighted by Crippen LogP contribution is -2.65. The van der Waals surface area contributed by atoms with Gasteiger partial charge < -0.3 is 4.42 Å². The van der Waals surface area contributed by atoms with E-state index in [0.29, 0.717) is 11.8 Å². The molecule has 3 aromatic heterocycles. The van der Waals surface area contributed by atoms with E-state index in [0.717, 1.165) is 27.8 Å². The molecule has 9 aromatic rings. The van der Waals surface area contributed by atoms with E-state index in [4.69, 9.17) is 4.42 Å². The Morgan fingerprint density at radius 3 is 2.27 bits per heavy atom. The second-order valence-corrected chi connectivity index (χ2v) is 24.6. The summed E-state index contributed by atoms with van der Waals surface area (Å²) in [5, 5.41) is 6.32. The standard InChI is InChI=1S/C55H51N3OSi/c1-32(2)35-24-25-37-42(28-35)52-48-30-43(55(52,5)56-31-50(60(6,7)8)41(33(3)4)29-47(37)56)40-27-26-39-38-19-11-14-23-49(38)59-53(39)51(40)54-57(45-20-12-13-21-46(45)58(48)54)44-22-15-17-34-16-9-10-18-36(34)44/h9-33,43,52H,1-8H3/q+2. The number of hydrogen-bond acceptors (Lipinski definition) is 1. The van der Waals surface area contributed by atoms with Gasteiger partial charge in [0.15, 0.2) is 28.4 Å². The fourth-order valence-corrected chi connectivity index (χ4v) is 13.3. The second kappa shape index (κ2) is 12.3. The number of aromatic nitrogens is 3. The van der Waals surface area contributed by atoms with Gasteiger partial charge in [0.2, 0.25) is 5.69 Å². The number of fused-ring (bicyclic) bond motifs is 15. The summed E-state index contributed by atoms with van der Waals surface area (Å²) in [5.74, 6) is 2.10. The first-order chi connectivity index (χ1) is 28.9. The summed E-state index contributed by atoms with van der Waals surface area (Å²) in [5.41, 5.74) is 15.9. The first-order valence-electron chi connectivity index (χ1n) is 21.9. The number of para-hydroxylation sites is 3. The van der Waals surface area contributed by atoms with E-state index in [1.54, 1.807) is 5.19 Å². The molecule has 3 aliphatic rings. The van der Waals surface area contributed by atoms with Crippen molar-refractivity contribution in [1.82, 2.24) is 4.57 Å². The molecule has 3 unspecified atom stereocenters. The smallest absolute Gasteiger partial charge is 0.304 e. The Morgan fingerprint density at radius 2 is 1.47 bits per heavy atom. The zero-order chi connectivity index (χ0) is 41.0. The van der Waals surface area contributed by atoms with Gasteiger partial charge in [-0.3, -0.25) is 0 Å². The van der Waals surface area contributed by atoms with Crippen molar-refractivity contribution in [3.63, 3.8) is 0 Å². The molecule has 6 aromatic carbocycles. The molecule has 0 amide bonds. The molecule has 0 fully saturated rings. The Balaban J connectivity index is 1.28. The summed E-state index contributed by atoms with van der Waals surface area (Å²) in [4.78, 5) is 0. The molecule has 5 heteroatoms. The van der Waals surface area contributed by atoms with E-state index >= 15 is 0 Å². The fourth-order valence-electron chi connectivity index (χ4n) is 11.6. The van der Waals surface area contributed by atoms with Crippen LogP contribution in [0.3, 0.4) is 0 Å². The second-order valence-electron chi connectivity index (χ2n) is 19.5. The molecule has 3 atom stereocenters. The Labute approximate surface area is 353 Å². The van der Waals surface area contributed by atoms with Crippen LogP contribution in [0.4, 0.5) is 0 Å². The quantitative estimate of drug-likeness (QED) is 0.129. The number of imidazole rings is 1. The van der Waals surface area contributed by atoms with Gasteiger partial charge >= 0.3 is 5.82 Å². The number of hydrogen-bond donors (Lipinski definition) is 0. The number of pyridine rings is 1. The predicted octanol–water partition coefficient (Wildman–Crippen LogP) is 12.8. The van der Waals surface area contributed by atoms with Crippen molar-refractivity contribution in [2.75, 3.05) is 0 Å². The van der Waals surface area contributed by atoms with Crippen LogP contribution in [0, 0.1) is 0 Å². The Kier molecular flexibility index (Phi) is 7.33. The lowest BCUT2D eigenvalue weighted by atomic mass is 9.68.